The zero-order valence-corrected chi connectivity index (χ0v) is 15.5. The summed E-state index contributed by atoms with van der Waals surface area (Å²) in [5, 5.41) is 12.2. The van der Waals surface area contributed by atoms with Crippen LogP contribution in [0.4, 0.5) is 5.69 Å². The number of hydrogen-bond acceptors (Lipinski definition) is 3. The first-order chi connectivity index (χ1) is 12.9. The van der Waals surface area contributed by atoms with E-state index >= 15 is 0 Å². The van der Waals surface area contributed by atoms with Crippen LogP contribution in [0.25, 0.3) is 0 Å². The van der Waals surface area contributed by atoms with Crippen LogP contribution < -0.4 is 10.1 Å². The fraction of sp³-hybridized carbons (Fsp3) is 0.364. The van der Waals surface area contributed by atoms with Crippen LogP contribution in [0.5, 0.6) is 5.75 Å². The van der Waals surface area contributed by atoms with Gasteiger partial charge >= 0.3 is 5.97 Å². The number of amides is 1. The van der Waals surface area contributed by atoms with E-state index in [2.05, 4.69) is 18.3 Å². The summed E-state index contributed by atoms with van der Waals surface area (Å²) in [6.07, 6.45) is 2.90. The Morgan fingerprint density at radius 2 is 1.89 bits per heavy atom. The largest absolute Gasteiger partial charge is 0.490 e. The molecular weight excluding hydrogens is 342 g/mol. The molecule has 2 aromatic rings. The highest BCUT2D eigenvalue weighted by molar-refractivity contribution is 6.07. The van der Waals surface area contributed by atoms with Crippen LogP contribution in [0.1, 0.15) is 52.7 Å². The highest BCUT2D eigenvalue weighted by Gasteiger charge is 2.49. The number of carboxylic acids is 1. The number of aryl methyl sites for hydroxylation is 2. The number of rotatable bonds is 3. The number of aromatic carboxylic acids is 1. The zero-order chi connectivity index (χ0) is 19.2. The summed E-state index contributed by atoms with van der Waals surface area (Å²) in [4.78, 5) is 24.1. The van der Waals surface area contributed by atoms with E-state index in [0.29, 0.717) is 12.8 Å². The number of nitrogens with one attached hydrogen (secondary N) is 1. The number of carboxylic acid groups (broad SMARTS) is 1. The first-order valence-corrected chi connectivity index (χ1v) is 9.32. The third-order valence-electron chi connectivity index (χ3n) is 5.88. The lowest BCUT2D eigenvalue weighted by Gasteiger charge is -2.36. The van der Waals surface area contributed by atoms with E-state index in [1.54, 1.807) is 12.1 Å². The average molecular weight is 365 g/mol. The molecule has 1 aliphatic heterocycles. The molecule has 1 aliphatic carbocycles. The van der Waals surface area contributed by atoms with E-state index in [1.165, 1.54) is 11.6 Å². The third kappa shape index (κ3) is 2.97. The van der Waals surface area contributed by atoms with Crippen LogP contribution in [0.15, 0.2) is 36.4 Å². The van der Waals surface area contributed by atoms with Crippen LogP contribution in [-0.4, -0.2) is 23.1 Å². The minimum atomic E-state index is -0.973. The quantitative estimate of drug-likeness (QED) is 0.854. The number of ether oxygens (including phenoxy) is 1. The summed E-state index contributed by atoms with van der Waals surface area (Å²) in [6, 6.07) is 11.0. The Morgan fingerprint density at radius 1 is 1.15 bits per heavy atom. The molecule has 2 aliphatic rings. The van der Waals surface area contributed by atoms with Gasteiger partial charge in [-0.1, -0.05) is 17.7 Å². The summed E-state index contributed by atoms with van der Waals surface area (Å²) >= 11 is 0. The normalized spacial score (nSPS) is 23.8. The average Bonchev–Trinajstić information content (AvgIpc) is 2.90. The van der Waals surface area contributed by atoms with Gasteiger partial charge in [0.15, 0.2) is 0 Å². The molecular formula is C22H23NO4. The van der Waals surface area contributed by atoms with Crippen molar-refractivity contribution in [3.63, 3.8) is 0 Å². The van der Waals surface area contributed by atoms with Gasteiger partial charge in [0.2, 0.25) is 5.91 Å². The maximum absolute atomic E-state index is 12.7. The van der Waals surface area contributed by atoms with Gasteiger partial charge in [0.1, 0.15) is 5.75 Å². The van der Waals surface area contributed by atoms with Crippen molar-refractivity contribution in [3.8, 4) is 5.75 Å². The molecule has 1 fully saturated rings. The van der Waals surface area contributed by atoms with Crippen molar-refractivity contribution in [1.29, 1.82) is 0 Å². The molecule has 1 saturated carbocycles. The van der Waals surface area contributed by atoms with Crippen molar-refractivity contribution in [2.75, 3.05) is 5.32 Å². The van der Waals surface area contributed by atoms with Gasteiger partial charge < -0.3 is 15.2 Å². The molecule has 0 aromatic heterocycles. The molecule has 0 unspecified atom stereocenters. The number of benzene rings is 2. The number of hydrogen-bond donors (Lipinski definition) is 2. The molecule has 5 nitrogen and oxygen atoms in total. The van der Waals surface area contributed by atoms with Crippen molar-refractivity contribution in [2.24, 2.45) is 0 Å². The fourth-order valence-corrected chi connectivity index (χ4v) is 4.36. The second-order valence-corrected chi connectivity index (χ2v) is 7.69. The van der Waals surface area contributed by atoms with Crippen molar-refractivity contribution in [2.45, 2.75) is 51.0 Å². The van der Waals surface area contributed by atoms with Gasteiger partial charge in [-0.2, -0.15) is 0 Å². The Balaban J connectivity index is 1.54. The standard InChI is InChI=1S/C22H23NO4/c1-13-3-6-19(14(2)11-13)27-16-7-9-22(10-8-16)17-12-15(20(24)25)4-5-18(17)23-21(22)26/h3-6,11-12,16H,7-10H2,1-2H3,(H,23,26)(H,24,25). The van der Waals surface area contributed by atoms with E-state index in [0.717, 1.165) is 35.4 Å². The van der Waals surface area contributed by atoms with Crippen molar-refractivity contribution >= 4 is 17.6 Å². The maximum atomic E-state index is 12.7. The monoisotopic (exact) mass is 365 g/mol. The van der Waals surface area contributed by atoms with Gasteiger partial charge in [0, 0.05) is 5.69 Å². The Bertz CT molecular complexity index is 926. The Morgan fingerprint density at radius 3 is 2.56 bits per heavy atom. The zero-order valence-electron chi connectivity index (χ0n) is 15.5. The SMILES string of the molecule is Cc1ccc(OC2CCC3(CC2)C(=O)Nc2ccc(C(=O)O)cc23)c(C)c1. The van der Waals surface area contributed by atoms with E-state index in [-0.39, 0.29) is 17.6 Å². The van der Waals surface area contributed by atoms with Crippen molar-refractivity contribution in [1.82, 2.24) is 0 Å². The van der Waals surface area contributed by atoms with Crippen LogP contribution in [0.2, 0.25) is 0 Å². The van der Waals surface area contributed by atoms with Crippen LogP contribution in [0.3, 0.4) is 0 Å². The molecule has 2 aromatic carbocycles. The predicted molar refractivity (Wildman–Crippen MR) is 103 cm³/mol. The number of carbonyl (C=O) groups is 2. The van der Waals surface area contributed by atoms with Crippen molar-refractivity contribution < 1.29 is 19.4 Å². The molecule has 27 heavy (non-hydrogen) atoms. The number of carbonyl (C=O) groups excluding carboxylic acids is 1. The molecule has 0 radical (unpaired) electrons. The molecule has 1 amide bonds. The molecule has 140 valence electrons. The molecule has 1 heterocycles. The highest BCUT2D eigenvalue weighted by Crippen LogP contribution is 2.48. The first kappa shape index (κ1) is 17.6. The number of fused-ring (bicyclic) bond motifs is 2. The molecule has 5 heteroatoms. The van der Waals surface area contributed by atoms with E-state index in [9.17, 15) is 14.7 Å². The topological polar surface area (TPSA) is 75.6 Å². The van der Waals surface area contributed by atoms with E-state index in [1.807, 2.05) is 19.1 Å². The fourth-order valence-electron chi connectivity index (χ4n) is 4.36. The lowest BCUT2D eigenvalue weighted by Crippen LogP contribution is -2.41. The predicted octanol–water partition coefficient (Wildman–Crippen LogP) is 4.21. The molecule has 0 bridgehead atoms. The molecule has 0 saturated heterocycles. The van der Waals surface area contributed by atoms with Gasteiger partial charge in [0.05, 0.1) is 17.1 Å². The van der Waals surface area contributed by atoms with Crippen LogP contribution >= 0.6 is 0 Å². The Hall–Kier alpha value is -2.82. The Labute approximate surface area is 158 Å². The van der Waals surface area contributed by atoms with Crippen molar-refractivity contribution in [3.05, 3.63) is 58.7 Å². The summed E-state index contributed by atoms with van der Waals surface area (Å²) in [7, 11) is 0. The van der Waals surface area contributed by atoms with Gasteiger partial charge in [-0.3, -0.25) is 4.79 Å². The van der Waals surface area contributed by atoms with E-state index < -0.39 is 11.4 Å². The minimum absolute atomic E-state index is 0.0231. The summed E-state index contributed by atoms with van der Waals surface area (Å²) in [6.45, 7) is 4.10. The minimum Gasteiger partial charge on any atom is -0.490 e. The molecule has 4 rings (SSSR count). The molecule has 0 atom stereocenters. The highest BCUT2D eigenvalue weighted by atomic mass is 16.5. The first-order valence-electron chi connectivity index (χ1n) is 9.32. The summed E-state index contributed by atoms with van der Waals surface area (Å²) in [5.74, 6) is -0.102. The summed E-state index contributed by atoms with van der Waals surface area (Å²) < 4.78 is 6.20. The van der Waals surface area contributed by atoms with Gasteiger partial charge in [-0.15, -0.1) is 0 Å². The Kier molecular flexibility index (Phi) is 4.17. The second kappa shape index (κ2) is 6.41. The van der Waals surface area contributed by atoms with Gasteiger partial charge in [0.25, 0.3) is 0 Å². The summed E-state index contributed by atoms with van der Waals surface area (Å²) in [5.41, 5.74) is 3.46. The maximum Gasteiger partial charge on any atom is 0.335 e. The van der Waals surface area contributed by atoms with Crippen LogP contribution in [0, 0.1) is 13.8 Å². The lowest BCUT2D eigenvalue weighted by atomic mass is 9.69. The lowest BCUT2D eigenvalue weighted by molar-refractivity contribution is -0.122. The molecule has 2 N–H and O–H groups in total. The smallest absolute Gasteiger partial charge is 0.335 e. The van der Waals surface area contributed by atoms with Gasteiger partial charge in [-0.25, -0.2) is 4.79 Å². The number of anilines is 1. The van der Waals surface area contributed by atoms with Crippen LogP contribution in [-0.2, 0) is 10.2 Å². The van der Waals surface area contributed by atoms with Gasteiger partial charge in [-0.05, 0) is 74.9 Å². The second-order valence-electron chi connectivity index (χ2n) is 7.69. The third-order valence-corrected chi connectivity index (χ3v) is 5.88. The van der Waals surface area contributed by atoms with E-state index in [4.69, 9.17) is 4.74 Å². The molecule has 1 spiro atoms.